The van der Waals surface area contributed by atoms with E-state index in [9.17, 15) is 14.4 Å². The molecule has 2 aliphatic rings. The SMILES string of the molecule is CCC.CNC(=O)C1CCC(C2CCC(C)C(N(C[C@H](C)CC(C)=O)C(=O)OC(C)C)C2)CC1. The second-order valence-corrected chi connectivity index (χ2v) is 11.1. The Morgan fingerprint density at radius 1 is 0.971 bits per heavy atom. The zero-order valence-electron chi connectivity index (χ0n) is 23.2. The van der Waals surface area contributed by atoms with Crippen molar-refractivity contribution in [1.82, 2.24) is 10.2 Å². The van der Waals surface area contributed by atoms with Gasteiger partial charge in [0.2, 0.25) is 5.91 Å². The number of hydrogen-bond acceptors (Lipinski definition) is 4. The van der Waals surface area contributed by atoms with Crippen molar-refractivity contribution in [3.05, 3.63) is 0 Å². The predicted molar refractivity (Wildman–Crippen MR) is 139 cm³/mol. The van der Waals surface area contributed by atoms with Crippen molar-refractivity contribution in [2.24, 2.45) is 29.6 Å². The van der Waals surface area contributed by atoms with Crippen LogP contribution in [-0.4, -0.2) is 48.4 Å². The fraction of sp³-hybridized carbons (Fsp3) is 0.893. The summed E-state index contributed by atoms with van der Waals surface area (Å²) in [5.41, 5.74) is 0. The Labute approximate surface area is 208 Å². The van der Waals surface area contributed by atoms with Gasteiger partial charge in [0.05, 0.1) is 6.10 Å². The zero-order valence-corrected chi connectivity index (χ0v) is 23.2. The topological polar surface area (TPSA) is 75.7 Å². The summed E-state index contributed by atoms with van der Waals surface area (Å²) < 4.78 is 5.61. The van der Waals surface area contributed by atoms with Crippen LogP contribution in [0, 0.1) is 29.6 Å². The number of ether oxygens (including phenoxy) is 1. The van der Waals surface area contributed by atoms with Gasteiger partial charge in [-0.05, 0) is 89.4 Å². The summed E-state index contributed by atoms with van der Waals surface area (Å²) in [4.78, 5) is 38.6. The van der Waals surface area contributed by atoms with Crippen molar-refractivity contribution in [3.8, 4) is 0 Å². The molecule has 0 radical (unpaired) electrons. The Bertz CT molecular complexity index is 628. The number of hydrogen-bond donors (Lipinski definition) is 1. The highest BCUT2D eigenvalue weighted by Gasteiger charge is 2.39. The molecule has 2 rings (SSSR count). The summed E-state index contributed by atoms with van der Waals surface area (Å²) in [7, 11) is 1.72. The van der Waals surface area contributed by atoms with Crippen molar-refractivity contribution in [2.45, 2.75) is 118 Å². The minimum atomic E-state index is -0.244. The number of nitrogens with zero attached hydrogens (tertiary/aromatic N) is 1. The molecular weight excluding hydrogens is 428 g/mol. The molecule has 4 atom stereocenters. The summed E-state index contributed by atoms with van der Waals surface area (Å²) in [6.45, 7) is 14.5. The second-order valence-electron chi connectivity index (χ2n) is 11.1. The number of ketones is 1. The van der Waals surface area contributed by atoms with E-state index in [0.717, 1.165) is 38.5 Å². The summed E-state index contributed by atoms with van der Waals surface area (Å²) >= 11 is 0. The van der Waals surface area contributed by atoms with E-state index in [1.807, 2.05) is 25.7 Å². The third kappa shape index (κ3) is 9.95. The van der Waals surface area contributed by atoms with E-state index >= 15 is 0 Å². The van der Waals surface area contributed by atoms with E-state index in [0.29, 0.717) is 30.7 Å². The van der Waals surface area contributed by atoms with Crippen LogP contribution in [0.5, 0.6) is 0 Å². The highest BCUT2D eigenvalue weighted by atomic mass is 16.6. The van der Waals surface area contributed by atoms with Gasteiger partial charge in [-0.3, -0.25) is 4.79 Å². The molecular formula is C28H52N2O4. The third-order valence-electron chi connectivity index (χ3n) is 7.37. The van der Waals surface area contributed by atoms with Crippen LogP contribution in [0.3, 0.4) is 0 Å². The standard InChI is InChI=1S/C25H44N2O4.C3H8/c1-16(2)31-25(30)27(15-17(3)13-19(5)28)23-14-22(8-7-18(23)4)20-9-11-21(12-10-20)24(29)26-6;1-3-2/h16-18,20-23H,7-15H2,1-6H3,(H,26,29);3H2,1-2H3/t17-,18?,20?,21?,22?,23?;/m1./s1. The summed E-state index contributed by atoms with van der Waals surface area (Å²) in [6, 6.07) is 0.149. The number of amides is 2. The lowest BCUT2D eigenvalue weighted by molar-refractivity contribution is -0.126. The van der Waals surface area contributed by atoms with Crippen molar-refractivity contribution < 1.29 is 19.1 Å². The van der Waals surface area contributed by atoms with Gasteiger partial charge in [0, 0.05) is 32.0 Å². The van der Waals surface area contributed by atoms with Gasteiger partial charge in [-0.15, -0.1) is 0 Å². The first kappa shape index (κ1) is 30.4. The molecule has 0 spiro atoms. The van der Waals surface area contributed by atoms with Gasteiger partial charge in [0.1, 0.15) is 5.78 Å². The number of nitrogens with one attached hydrogen (secondary N) is 1. The number of carbonyl (C=O) groups is 3. The molecule has 1 N–H and O–H groups in total. The van der Waals surface area contributed by atoms with Gasteiger partial charge in [0.15, 0.2) is 0 Å². The Kier molecular flexibility index (Phi) is 13.8. The minimum absolute atomic E-state index is 0.118. The first-order valence-corrected chi connectivity index (χ1v) is 13.7. The minimum Gasteiger partial charge on any atom is -0.447 e. The van der Waals surface area contributed by atoms with E-state index in [1.165, 1.54) is 12.8 Å². The Morgan fingerprint density at radius 3 is 2.03 bits per heavy atom. The normalized spacial score (nSPS) is 27.7. The van der Waals surface area contributed by atoms with E-state index in [4.69, 9.17) is 4.74 Å². The smallest absolute Gasteiger partial charge is 0.410 e. The Hall–Kier alpha value is -1.59. The predicted octanol–water partition coefficient (Wildman–Crippen LogP) is 6.22. The van der Waals surface area contributed by atoms with Gasteiger partial charge >= 0.3 is 6.09 Å². The maximum atomic E-state index is 13.0. The summed E-state index contributed by atoms with van der Waals surface area (Å²) in [5, 5.41) is 2.80. The average Bonchev–Trinajstić information content (AvgIpc) is 2.77. The quantitative estimate of drug-likeness (QED) is 0.447. The molecule has 0 aromatic rings. The molecule has 2 fully saturated rings. The Morgan fingerprint density at radius 2 is 1.53 bits per heavy atom. The van der Waals surface area contributed by atoms with E-state index in [-0.39, 0.29) is 41.8 Å². The Balaban J connectivity index is 0.00000182. The van der Waals surface area contributed by atoms with Crippen LogP contribution in [0.15, 0.2) is 0 Å². The van der Waals surface area contributed by atoms with Gasteiger partial charge in [0.25, 0.3) is 0 Å². The van der Waals surface area contributed by atoms with Gasteiger partial charge in [-0.2, -0.15) is 0 Å². The highest BCUT2D eigenvalue weighted by molar-refractivity contribution is 5.78. The average molecular weight is 481 g/mol. The fourth-order valence-corrected chi connectivity index (χ4v) is 5.75. The van der Waals surface area contributed by atoms with Crippen LogP contribution >= 0.6 is 0 Å². The third-order valence-corrected chi connectivity index (χ3v) is 7.37. The van der Waals surface area contributed by atoms with Gasteiger partial charge in [-0.1, -0.05) is 34.1 Å². The molecule has 6 nitrogen and oxygen atoms in total. The molecule has 0 aromatic carbocycles. The first-order valence-electron chi connectivity index (χ1n) is 13.7. The van der Waals surface area contributed by atoms with Crippen molar-refractivity contribution in [1.29, 1.82) is 0 Å². The lowest BCUT2D eigenvalue weighted by Gasteiger charge is -2.45. The largest absolute Gasteiger partial charge is 0.447 e. The molecule has 34 heavy (non-hydrogen) atoms. The molecule has 2 aliphatic carbocycles. The molecule has 2 saturated carbocycles. The first-order chi connectivity index (χ1) is 16.0. The lowest BCUT2D eigenvalue weighted by Crippen LogP contribution is -2.50. The molecule has 0 aliphatic heterocycles. The molecule has 2 amide bonds. The van der Waals surface area contributed by atoms with Gasteiger partial charge < -0.3 is 19.7 Å². The zero-order chi connectivity index (χ0) is 25.8. The van der Waals surface area contributed by atoms with Crippen LogP contribution in [0.1, 0.15) is 106 Å². The number of carbonyl (C=O) groups excluding carboxylic acids is 3. The number of rotatable bonds is 8. The van der Waals surface area contributed by atoms with E-state index < -0.39 is 0 Å². The fourth-order valence-electron chi connectivity index (χ4n) is 5.75. The van der Waals surface area contributed by atoms with Gasteiger partial charge in [-0.25, -0.2) is 4.79 Å². The van der Waals surface area contributed by atoms with E-state index in [2.05, 4.69) is 26.1 Å². The maximum Gasteiger partial charge on any atom is 0.410 e. The van der Waals surface area contributed by atoms with Crippen LogP contribution in [0.4, 0.5) is 4.79 Å². The highest BCUT2D eigenvalue weighted by Crippen LogP contribution is 2.43. The summed E-state index contributed by atoms with van der Waals surface area (Å²) in [6.07, 6.45) is 8.77. The van der Waals surface area contributed by atoms with Crippen LogP contribution < -0.4 is 5.32 Å². The molecule has 0 saturated heterocycles. The number of Topliss-reactive ketones (excluding diaryl/α,β-unsaturated/α-hetero) is 1. The van der Waals surface area contributed by atoms with Crippen LogP contribution in [-0.2, 0) is 14.3 Å². The van der Waals surface area contributed by atoms with Crippen molar-refractivity contribution in [3.63, 3.8) is 0 Å². The molecule has 198 valence electrons. The molecule has 0 bridgehead atoms. The van der Waals surface area contributed by atoms with Crippen LogP contribution in [0.25, 0.3) is 0 Å². The van der Waals surface area contributed by atoms with Crippen LogP contribution in [0.2, 0.25) is 0 Å². The van der Waals surface area contributed by atoms with Crippen molar-refractivity contribution >= 4 is 17.8 Å². The monoisotopic (exact) mass is 480 g/mol. The maximum absolute atomic E-state index is 13.0. The van der Waals surface area contributed by atoms with E-state index in [1.54, 1.807) is 14.0 Å². The molecule has 0 aromatic heterocycles. The summed E-state index contributed by atoms with van der Waals surface area (Å²) in [5.74, 6) is 2.25. The lowest BCUT2D eigenvalue weighted by atomic mass is 9.67. The molecule has 6 heteroatoms. The molecule has 3 unspecified atom stereocenters. The molecule has 0 heterocycles. The van der Waals surface area contributed by atoms with Crippen molar-refractivity contribution in [2.75, 3.05) is 13.6 Å². The second kappa shape index (κ2) is 15.4.